The molecule has 0 amide bonds. The summed E-state index contributed by atoms with van der Waals surface area (Å²) in [6, 6.07) is 65.3. The smallest absolute Gasteiger partial charge is 0.0346 e. The predicted molar refractivity (Wildman–Crippen MR) is 253 cm³/mol. The summed E-state index contributed by atoms with van der Waals surface area (Å²) in [5.74, 6) is 0. The lowest BCUT2D eigenvalue weighted by Gasteiger charge is -2.16. The Balaban J connectivity index is 0.00000476. The van der Waals surface area contributed by atoms with Gasteiger partial charge in [0.2, 0.25) is 0 Å². The van der Waals surface area contributed by atoms with Crippen molar-refractivity contribution in [2.45, 2.75) is 7.43 Å². The van der Waals surface area contributed by atoms with E-state index in [9.17, 15) is 0 Å². The first-order valence-electron chi connectivity index (χ1n) is 20.0. The van der Waals surface area contributed by atoms with E-state index in [1.807, 2.05) is 73.8 Å². The van der Waals surface area contributed by atoms with Gasteiger partial charge in [0.1, 0.15) is 0 Å². The normalized spacial score (nSPS) is 10.8. The van der Waals surface area contributed by atoms with Crippen LogP contribution in [0.4, 0.5) is 0 Å². The van der Waals surface area contributed by atoms with Crippen molar-refractivity contribution >= 4 is 0 Å². The fourth-order valence-corrected chi connectivity index (χ4v) is 7.90. The molecule has 0 atom stereocenters. The fraction of sp³-hybridized carbons (Fsp3) is 0.0175. The Morgan fingerprint density at radius 3 is 0.541 bits per heavy atom. The maximum atomic E-state index is 4.41. The highest BCUT2D eigenvalue weighted by molar-refractivity contribution is 5.88. The van der Waals surface area contributed by atoms with E-state index in [2.05, 4.69) is 178 Å². The Bertz CT molecular complexity index is 2660. The van der Waals surface area contributed by atoms with Gasteiger partial charge in [-0.3, -0.25) is 19.9 Å². The molecule has 10 rings (SSSR count). The molecule has 0 saturated heterocycles. The summed E-state index contributed by atoms with van der Waals surface area (Å²) in [7, 11) is 0. The average molecular weight is 783 g/mol. The van der Waals surface area contributed by atoms with Gasteiger partial charge in [-0.2, -0.15) is 0 Å². The molecule has 0 bridgehead atoms. The molecule has 4 heterocycles. The third-order valence-corrected chi connectivity index (χ3v) is 11.0. The Morgan fingerprint density at radius 1 is 0.180 bits per heavy atom. The maximum absolute atomic E-state index is 4.41. The van der Waals surface area contributed by atoms with Crippen LogP contribution in [-0.2, 0) is 0 Å². The minimum atomic E-state index is 0. The van der Waals surface area contributed by atoms with Crippen molar-refractivity contribution in [1.29, 1.82) is 0 Å². The molecule has 0 radical (unpaired) electrons. The predicted octanol–water partition coefficient (Wildman–Crippen LogP) is 14.9. The standard InChI is InChI=1S/C56H38N4.CH4/c1-9-39(47-17-5-21-57-35-47)25-43(13-1)51-29-52(44-14-2-10-40(26-44)48-18-6-22-58-36-48)32-55(31-51)56-33-53(45-15-3-11-41(27-45)49-19-7-23-59-37-49)30-54(34-56)46-16-4-12-42(28-46)50-20-8-24-60-38-50;/h1-38H;1H4. The van der Waals surface area contributed by atoms with Crippen molar-refractivity contribution in [1.82, 2.24) is 19.9 Å². The quantitative estimate of drug-likeness (QED) is 0.146. The van der Waals surface area contributed by atoms with Crippen molar-refractivity contribution in [2.24, 2.45) is 0 Å². The van der Waals surface area contributed by atoms with Crippen LogP contribution in [0, 0.1) is 0 Å². The Hall–Kier alpha value is -8.08. The zero-order valence-corrected chi connectivity index (χ0v) is 32.7. The molecule has 0 aliphatic rings. The van der Waals surface area contributed by atoms with Gasteiger partial charge in [0, 0.05) is 71.8 Å². The van der Waals surface area contributed by atoms with E-state index in [0.29, 0.717) is 0 Å². The summed E-state index contributed by atoms with van der Waals surface area (Å²) in [4.78, 5) is 17.6. The molecule has 0 fully saturated rings. The summed E-state index contributed by atoms with van der Waals surface area (Å²) in [6.45, 7) is 0. The largest absolute Gasteiger partial charge is 0.264 e. The monoisotopic (exact) mass is 782 g/mol. The Morgan fingerprint density at radius 2 is 0.344 bits per heavy atom. The van der Waals surface area contributed by atoms with Gasteiger partial charge in [0.15, 0.2) is 0 Å². The van der Waals surface area contributed by atoms with E-state index in [1.165, 1.54) is 0 Å². The number of aromatic nitrogens is 4. The van der Waals surface area contributed by atoms with Gasteiger partial charge in [-0.05, 0) is 163 Å². The zero-order chi connectivity index (χ0) is 40.1. The molecule has 61 heavy (non-hydrogen) atoms. The van der Waals surface area contributed by atoms with Gasteiger partial charge < -0.3 is 0 Å². The third kappa shape index (κ3) is 8.43. The molecule has 4 nitrogen and oxygen atoms in total. The van der Waals surface area contributed by atoms with Crippen molar-refractivity contribution < 1.29 is 0 Å². The van der Waals surface area contributed by atoms with Gasteiger partial charge in [-0.15, -0.1) is 0 Å². The molecular formula is C57H42N4. The van der Waals surface area contributed by atoms with Crippen LogP contribution in [0.25, 0.3) is 100 Å². The summed E-state index contributed by atoms with van der Waals surface area (Å²) in [5.41, 5.74) is 20.1. The van der Waals surface area contributed by atoms with Gasteiger partial charge in [-0.25, -0.2) is 0 Å². The van der Waals surface area contributed by atoms with Gasteiger partial charge in [-0.1, -0.05) is 104 Å². The van der Waals surface area contributed by atoms with E-state index in [4.69, 9.17) is 0 Å². The first-order chi connectivity index (χ1) is 29.7. The maximum Gasteiger partial charge on any atom is 0.0346 e. The van der Waals surface area contributed by atoms with E-state index in [0.717, 1.165) is 100 Å². The van der Waals surface area contributed by atoms with E-state index in [-0.39, 0.29) is 7.43 Å². The van der Waals surface area contributed by atoms with Crippen LogP contribution >= 0.6 is 0 Å². The molecular weight excluding hydrogens is 741 g/mol. The van der Waals surface area contributed by atoms with Crippen molar-refractivity contribution in [3.63, 3.8) is 0 Å². The van der Waals surface area contributed by atoms with Gasteiger partial charge in [0.05, 0.1) is 0 Å². The van der Waals surface area contributed by atoms with Crippen molar-refractivity contribution in [3.05, 3.63) is 232 Å². The summed E-state index contributed by atoms with van der Waals surface area (Å²) in [6.07, 6.45) is 14.9. The number of hydrogen-bond acceptors (Lipinski definition) is 4. The number of nitrogens with zero attached hydrogens (tertiary/aromatic N) is 4. The number of rotatable bonds is 9. The van der Waals surface area contributed by atoms with Crippen molar-refractivity contribution in [3.8, 4) is 100 Å². The number of benzene rings is 6. The zero-order valence-electron chi connectivity index (χ0n) is 32.7. The van der Waals surface area contributed by atoms with Gasteiger partial charge in [0.25, 0.3) is 0 Å². The van der Waals surface area contributed by atoms with Gasteiger partial charge >= 0.3 is 0 Å². The molecule has 4 heteroatoms. The Labute approximate surface area is 357 Å². The minimum absolute atomic E-state index is 0. The van der Waals surface area contributed by atoms with Crippen LogP contribution in [0.5, 0.6) is 0 Å². The fourth-order valence-electron chi connectivity index (χ4n) is 7.90. The van der Waals surface area contributed by atoms with Crippen LogP contribution in [0.15, 0.2) is 232 Å². The lowest BCUT2D eigenvalue weighted by molar-refractivity contribution is 1.33. The topological polar surface area (TPSA) is 51.6 Å². The van der Waals surface area contributed by atoms with E-state index >= 15 is 0 Å². The molecule has 290 valence electrons. The molecule has 0 aliphatic carbocycles. The first kappa shape index (κ1) is 38.4. The van der Waals surface area contributed by atoms with Crippen LogP contribution in [0.3, 0.4) is 0 Å². The summed E-state index contributed by atoms with van der Waals surface area (Å²) >= 11 is 0. The molecule has 0 N–H and O–H groups in total. The second kappa shape index (κ2) is 17.4. The SMILES string of the molecule is C.c1cncc(-c2cccc(-c3cc(-c4cccc(-c5cccnc5)c4)cc(-c4cc(-c5cccc(-c6cccnc6)c5)cc(-c5cccc(-c6cccnc6)c5)c4)c3)c2)c1. The first-order valence-corrected chi connectivity index (χ1v) is 20.0. The molecule has 4 aromatic heterocycles. The lowest BCUT2D eigenvalue weighted by atomic mass is 9.88. The van der Waals surface area contributed by atoms with Crippen LogP contribution in [0.2, 0.25) is 0 Å². The highest BCUT2D eigenvalue weighted by atomic mass is 14.6. The molecule has 0 aliphatic heterocycles. The van der Waals surface area contributed by atoms with Crippen LogP contribution in [-0.4, -0.2) is 19.9 Å². The second-order valence-corrected chi connectivity index (χ2v) is 14.9. The molecule has 0 spiro atoms. The second-order valence-electron chi connectivity index (χ2n) is 14.9. The minimum Gasteiger partial charge on any atom is -0.264 e. The Kier molecular flexibility index (Phi) is 11.0. The summed E-state index contributed by atoms with van der Waals surface area (Å²) in [5, 5.41) is 0. The third-order valence-electron chi connectivity index (χ3n) is 11.0. The number of pyridine rings is 4. The lowest BCUT2D eigenvalue weighted by Crippen LogP contribution is -1.90. The summed E-state index contributed by atoms with van der Waals surface area (Å²) < 4.78 is 0. The highest BCUT2D eigenvalue weighted by Gasteiger charge is 2.14. The van der Waals surface area contributed by atoms with Crippen LogP contribution < -0.4 is 0 Å². The molecule has 6 aromatic carbocycles. The van der Waals surface area contributed by atoms with E-state index in [1.54, 1.807) is 0 Å². The molecule has 0 saturated carbocycles. The highest BCUT2D eigenvalue weighted by Crippen LogP contribution is 2.40. The number of hydrogen-bond donors (Lipinski definition) is 0. The van der Waals surface area contributed by atoms with Crippen molar-refractivity contribution in [2.75, 3.05) is 0 Å². The molecule has 10 aromatic rings. The van der Waals surface area contributed by atoms with E-state index < -0.39 is 0 Å². The molecule has 0 unspecified atom stereocenters. The van der Waals surface area contributed by atoms with Crippen LogP contribution in [0.1, 0.15) is 7.43 Å². The average Bonchev–Trinajstić information content (AvgIpc) is 3.35.